The van der Waals surface area contributed by atoms with Crippen LogP contribution in [0.15, 0.2) is 35.7 Å². The molecule has 2 atom stereocenters. The number of thiazole rings is 1. The second-order valence-electron chi connectivity index (χ2n) is 5.53. The van der Waals surface area contributed by atoms with Crippen molar-refractivity contribution in [3.63, 3.8) is 0 Å². The quantitative estimate of drug-likeness (QED) is 0.943. The Morgan fingerprint density at radius 3 is 2.90 bits per heavy atom. The number of aliphatic carboxylic acids is 1. The van der Waals surface area contributed by atoms with Crippen molar-refractivity contribution in [3.8, 4) is 10.6 Å². The molecule has 0 saturated carbocycles. The number of benzene rings is 1. The van der Waals surface area contributed by atoms with Crippen LogP contribution < -0.4 is 0 Å². The Labute approximate surface area is 128 Å². The fourth-order valence-electron chi connectivity index (χ4n) is 2.90. The standard InChI is InChI=1S/C16H18N2O2S/c1-11-7-8-18(14(11)16(19)20)9-13-10-21-15(17-13)12-5-3-2-4-6-12/h2-6,10-11,14H,7-9H2,1H3,(H,19,20). The third-order valence-electron chi connectivity index (χ3n) is 3.99. The predicted octanol–water partition coefficient (Wildman–Crippen LogP) is 3.11. The summed E-state index contributed by atoms with van der Waals surface area (Å²) in [7, 11) is 0. The monoisotopic (exact) mass is 302 g/mol. The van der Waals surface area contributed by atoms with E-state index in [-0.39, 0.29) is 12.0 Å². The van der Waals surface area contributed by atoms with E-state index in [1.807, 2.05) is 47.5 Å². The van der Waals surface area contributed by atoms with Crippen LogP contribution in [0.1, 0.15) is 19.0 Å². The van der Waals surface area contributed by atoms with Crippen molar-refractivity contribution >= 4 is 17.3 Å². The van der Waals surface area contributed by atoms with E-state index in [1.165, 1.54) is 0 Å². The van der Waals surface area contributed by atoms with Gasteiger partial charge in [-0.05, 0) is 18.9 Å². The first-order valence-corrected chi connectivity index (χ1v) is 8.00. The molecule has 5 heteroatoms. The van der Waals surface area contributed by atoms with Gasteiger partial charge in [-0.3, -0.25) is 9.69 Å². The molecule has 4 nitrogen and oxygen atoms in total. The summed E-state index contributed by atoms with van der Waals surface area (Å²) in [4.78, 5) is 18.1. The second kappa shape index (κ2) is 5.95. The summed E-state index contributed by atoms with van der Waals surface area (Å²) in [5.41, 5.74) is 2.07. The van der Waals surface area contributed by atoms with Crippen LogP contribution in [0, 0.1) is 5.92 Å². The molecule has 0 spiro atoms. The first-order valence-electron chi connectivity index (χ1n) is 7.12. The van der Waals surface area contributed by atoms with E-state index in [4.69, 9.17) is 0 Å². The summed E-state index contributed by atoms with van der Waals surface area (Å²) in [5, 5.41) is 12.4. The van der Waals surface area contributed by atoms with E-state index in [1.54, 1.807) is 11.3 Å². The van der Waals surface area contributed by atoms with E-state index in [0.29, 0.717) is 6.54 Å². The molecule has 21 heavy (non-hydrogen) atoms. The zero-order valence-electron chi connectivity index (χ0n) is 11.9. The Kier molecular flexibility index (Phi) is 4.03. The maximum atomic E-state index is 11.4. The molecule has 110 valence electrons. The fraction of sp³-hybridized carbons (Fsp3) is 0.375. The van der Waals surface area contributed by atoms with E-state index in [2.05, 4.69) is 4.98 Å². The Bertz CT molecular complexity index is 626. The molecule has 1 aliphatic rings. The highest BCUT2D eigenvalue weighted by Gasteiger charge is 2.36. The number of carboxylic acids is 1. The zero-order valence-corrected chi connectivity index (χ0v) is 12.7. The smallest absolute Gasteiger partial charge is 0.321 e. The molecule has 3 rings (SSSR count). The van der Waals surface area contributed by atoms with Gasteiger partial charge in [0.1, 0.15) is 11.0 Å². The SMILES string of the molecule is CC1CCN(Cc2csc(-c3ccccc3)n2)C1C(=O)O. The van der Waals surface area contributed by atoms with Gasteiger partial charge in [-0.2, -0.15) is 0 Å². The van der Waals surface area contributed by atoms with Gasteiger partial charge in [0.2, 0.25) is 0 Å². The summed E-state index contributed by atoms with van der Waals surface area (Å²) in [5.74, 6) is -0.520. The fourth-order valence-corrected chi connectivity index (χ4v) is 3.72. The number of aromatic nitrogens is 1. The Balaban J connectivity index is 1.74. The van der Waals surface area contributed by atoms with Gasteiger partial charge < -0.3 is 5.11 Å². The van der Waals surface area contributed by atoms with Crippen molar-refractivity contribution in [1.29, 1.82) is 0 Å². The van der Waals surface area contributed by atoms with Gasteiger partial charge >= 0.3 is 5.97 Å². The average Bonchev–Trinajstić information content (AvgIpc) is 3.07. The first kappa shape index (κ1) is 14.2. The maximum Gasteiger partial charge on any atom is 0.321 e. The Hall–Kier alpha value is -1.72. The minimum atomic E-state index is -0.724. The van der Waals surface area contributed by atoms with E-state index in [0.717, 1.165) is 29.2 Å². The van der Waals surface area contributed by atoms with Crippen LogP contribution in [0.2, 0.25) is 0 Å². The molecule has 1 fully saturated rings. The van der Waals surface area contributed by atoms with Crippen molar-refractivity contribution in [2.24, 2.45) is 5.92 Å². The number of hydrogen-bond acceptors (Lipinski definition) is 4. The number of nitrogens with zero attached hydrogens (tertiary/aromatic N) is 2. The third kappa shape index (κ3) is 2.99. The van der Waals surface area contributed by atoms with Crippen LogP contribution in [0.3, 0.4) is 0 Å². The Morgan fingerprint density at radius 2 is 2.19 bits per heavy atom. The molecule has 0 amide bonds. The summed E-state index contributed by atoms with van der Waals surface area (Å²) in [6, 6.07) is 9.69. The largest absolute Gasteiger partial charge is 0.480 e. The minimum absolute atomic E-state index is 0.203. The number of likely N-dealkylation sites (tertiary alicyclic amines) is 1. The highest BCUT2D eigenvalue weighted by Crippen LogP contribution is 2.28. The van der Waals surface area contributed by atoms with Gasteiger partial charge in [-0.1, -0.05) is 37.3 Å². The van der Waals surface area contributed by atoms with Gasteiger partial charge in [0.05, 0.1) is 5.69 Å². The predicted molar refractivity (Wildman–Crippen MR) is 83.2 cm³/mol. The Morgan fingerprint density at radius 1 is 1.43 bits per heavy atom. The van der Waals surface area contributed by atoms with Crippen LogP contribution in [0.4, 0.5) is 0 Å². The maximum absolute atomic E-state index is 11.4. The number of rotatable bonds is 4. The zero-order chi connectivity index (χ0) is 14.8. The van der Waals surface area contributed by atoms with Gasteiger partial charge in [0.25, 0.3) is 0 Å². The van der Waals surface area contributed by atoms with E-state index in [9.17, 15) is 9.90 Å². The topological polar surface area (TPSA) is 53.4 Å². The molecule has 0 radical (unpaired) electrons. The molecule has 2 aromatic rings. The molecule has 1 N–H and O–H groups in total. The van der Waals surface area contributed by atoms with Crippen molar-refractivity contribution in [2.75, 3.05) is 6.54 Å². The van der Waals surface area contributed by atoms with Crippen LogP contribution in [-0.4, -0.2) is 33.5 Å². The van der Waals surface area contributed by atoms with Crippen LogP contribution in [-0.2, 0) is 11.3 Å². The van der Waals surface area contributed by atoms with Crippen molar-refractivity contribution in [3.05, 3.63) is 41.4 Å². The van der Waals surface area contributed by atoms with Gasteiger partial charge in [-0.25, -0.2) is 4.98 Å². The lowest BCUT2D eigenvalue weighted by Crippen LogP contribution is -2.38. The van der Waals surface area contributed by atoms with Crippen LogP contribution in [0.25, 0.3) is 10.6 Å². The molecular formula is C16H18N2O2S. The lowest BCUT2D eigenvalue weighted by atomic mass is 10.0. The summed E-state index contributed by atoms with van der Waals surface area (Å²) < 4.78 is 0. The summed E-state index contributed by atoms with van der Waals surface area (Å²) in [6.45, 7) is 3.45. The normalized spacial score (nSPS) is 22.5. The summed E-state index contributed by atoms with van der Waals surface area (Å²) in [6.07, 6.45) is 0.937. The lowest BCUT2D eigenvalue weighted by Gasteiger charge is -2.21. The third-order valence-corrected chi connectivity index (χ3v) is 4.93. The number of carboxylic acid groups (broad SMARTS) is 1. The average molecular weight is 302 g/mol. The molecule has 1 aliphatic heterocycles. The molecular weight excluding hydrogens is 284 g/mol. The molecule has 2 unspecified atom stereocenters. The van der Waals surface area contributed by atoms with Crippen molar-refractivity contribution in [2.45, 2.75) is 25.9 Å². The highest BCUT2D eigenvalue weighted by molar-refractivity contribution is 7.13. The lowest BCUT2D eigenvalue weighted by molar-refractivity contribution is -0.143. The highest BCUT2D eigenvalue weighted by atomic mass is 32.1. The molecule has 0 bridgehead atoms. The molecule has 0 aliphatic carbocycles. The molecule has 1 aromatic carbocycles. The molecule has 2 heterocycles. The van der Waals surface area contributed by atoms with Crippen LogP contribution in [0.5, 0.6) is 0 Å². The van der Waals surface area contributed by atoms with E-state index < -0.39 is 5.97 Å². The van der Waals surface area contributed by atoms with Gasteiger partial charge in [0, 0.05) is 17.5 Å². The molecule has 1 aromatic heterocycles. The van der Waals surface area contributed by atoms with E-state index >= 15 is 0 Å². The first-order chi connectivity index (χ1) is 10.1. The van der Waals surface area contributed by atoms with Crippen molar-refractivity contribution < 1.29 is 9.90 Å². The minimum Gasteiger partial charge on any atom is -0.480 e. The number of hydrogen-bond donors (Lipinski definition) is 1. The second-order valence-corrected chi connectivity index (χ2v) is 6.39. The van der Waals surface area contributed by atoms with Crippen LogP contribution >= 0.6 is 11.3 Å². The van der Waals surface area contributed by atoms with Gasteiger partial charge in [-0.15, -0.1) is 11.3 Å². The summed E-state index contributed by atoms with van der Waals surface area (Å²) >= 11 is 1.61. The molecule has 1 saturated heterocycles. The number of carbonyl (C=O) groups is 1. The van der Waals surface area contributed by atoms with Gasteiger partial charge in [0.15, 0.2) is 0 Å². The van der Waals surface area contributed by atoms with Crippen molar-refractivity contribution in [1.82, 2.24) is 9.88 Å².